The molecule has 61 heavy (non-hydrogen) atoms. The number of rotatable bonds is 15. The highest BCUT2D eigenvalue weighted by Crippen LogP contribution is 2.56. The monoisotopic (exact) mass is 856 g/mol. The van der Waals surface area contributed by atoms with Crippen molar-refractivity contribution in [3.8, 4) is 45.6 Å². The number of hydrogen-bond donors (Lipinski definition) is 0. The third-order valence-corrected chi connectivity index (χ3v) is 13.3. The van der Waals surface area contributed by atoms with Gasteiger partial charge in [0.2, 0.25) is 0 Å². The lowest BCUT2D eigenvalue weighted by Crippen LogP contribution is -2.11. The van der Waals surface area contributed by atoms with Crippen molar-refractivity contribution in [3.63, 3.8) is 0 Å². The van der Waals surface area contributed by atoms with Crippen molar-refractivity contribution in [2.45, 2.75) is 116 Å². The quantitative estimate of drug-likeness (QED) is 0.0959. The minimum atomic E-state index is -2.04. The van der Waals surface area contributed by atoms with Gasteiger partial charge in [-0.05, 0) is 168 Å². The molecule has 0 aliphatic heterocycles. The van der Waals surface area contributed by atoms with Crippen molar-refractivity contribution in [3.05, 3.63) is 163 Å². The topological polar surface area (TPSA) is 55.4 Å². The lowest BCUT2D eigenvalue weighted by atomic mass is 9.84. The second-order valence-electron chi connectivity index (χ2n) is 17.1. The summed E-state index contributed by atoms with van der Waals surface area (Å²) in [6.45, 7) is 31.9. The largest absolute Gasteiger partial charge is 0.530 e. The summed E-state index contributed by atoms with van der Waals surface area (Å²) in [5.74, 6) is 4.37. The maximum Gasteiger partial charge on any atom is 0.530 e. The number of benzene rings is 6. The van der Waals surface area contributed by atoms with Crippen molar-refractivity contribution in [1.29, 1.82) is 0 Å². The van der Waals surface area contributed by atoms with Gasteiger partial charge in [-0.25, -0.2) is 0 Å². The van der Waals surface area contributed by atoms with Crippen LogP contribution in [-0.2, 0) is 0 Å². The first-order valence-corrected chi connectivity index (χ1v) is 23.3. The lowest BCUT2D eigenvalue weighted by molar-refractivity contribution is 0.381. The van der Waals surface area contributed by atoms with Crippen molar-refractivity contribution in [1.82, 2.24) is 0 Å². The molecule has 320 valence electrons. The van der Waals surface area contributed by atoms with E-state index in [0.29, 0.717) is 34.5 Å². The van der Waals surface area contributed by atoms with Crippen molar-refractivity contribution >= 4 is 17.2 Å². The van der Waals surface area contributed by atoms with Gasteiger partial charge in [-0.1, -0.05) is 111 Å². The van der Waals surface area contributed by atoms with E-state index in [0.717, 1.165) is 83.5 Å². The second-order valence-corrected chi connectivity index (χ2v) is 19.1. The Bertz CT molecular complexity index is 2470. The summed E-state index contributed by atoms with van der Waals surface area (Å²) >= 11 is 0. The molecule has 6 aromatic rings. The third-order valence-electron chi connectivity index (χ3n) is 11.2. The lowest BCUT2D eigenvalue weighted by Gasteiger charge is -2.29. The van der Waals surface area contributed by atoms with Crippen LogP contribution in [0.15, 0.2) is 91.0 Å². The van der Waals surface area contributed by atoms with E-state index in [1.807, 2.05) is 42.5 Å². The molecule has 0 spiro atoms. The molecule has 0 N–H and O–H groups in total. The fourth-order valence-corrected chi connectivity index (χ4v) is 9.69. The molecule has 0 aromatic heterocycles. The van der Waals surface area contributed by atoms with Gasteiger partial charge in [0.25, 0.3) is 0 Å². The Labute approximate surface area is 367 Å². The highest BCUT2D eigenvalue weighted by Gasteiger charge is 2.33. The predicted molar refractivity (Wildman–Crippen MR) is 256 cm³/mol. The average Bonchev–Trinajstić information content (AvgIpc) is 3.19. The molecule has 8 heteroatoms. The third kappa shape index (κ3) is 10.7. The molecular weight excluding hydrogens is 795 g/mol. The highest BCUT2D eigenvalue weighted by molar-refractivity contribution is 7.43. The molecular formula is C53H62O6P2. The minimum absolute atomic E-state index is 0.0982. The van der Waals surface area contributed by atoms with E-state index in [1.54, 1.807) is 0 Å². The van der Waals surface area contributed by atoms with E-state index >= 15 is 0 Å². The molecule has 1 unspecified atom stereocenters. The van der Waals surface area contributed by atoms with Crippen LogP contribution >= 0.6 is 17.2 Å². The summed E-state index contributed by atoms with van der Waals surface area (Å²) in [4.78, 5) is 0. The van der Waals surface area contributed by atoms with Crippen LogP contribution in [0.4, 0.5) is 0 Å². The van der Waals surface area contributed by atoms with E-state index in [2.05, 4.69) is 152 Å². The molecule has 0 amide bonds. The smallest absolute Gasteiger partial charge is 0.409 e. The van der Waals surface area contributed by atoms with E-state index in [4.69, 9.17) is 27.1 Å². The van der Waals surface area contributed by atoms with Crippen LogP contribution in [-0.4, -0.2) is 0 Å². The van der Waals surface area contributed by atoms with Crippen LogP contribution in [0.2, 0.25) is 0 Å². The predicted octanol–water partition coefficient (Wildman–Crippen LogP) is 16.5. The first kappa shape index (κ1) is 45.5. The molecule has 0 radical (unpaired) electrons. The van der Waals surface area contributed by atoms with Crippen LogP contribution in [0.25, 0.3) is 11.1 Å². The number of hydrogen-bond acceptors (Lipinski definition) is 6. The van der Waals surface area contributed by atoms with Crippen LogP contribution < -0.4 is 27.1 Å². The molecule has 0 saturated carbocycles. The SMILES string of the molecule is Cc1ccc(OP(Oc2ccc(C)cc2C)Oc2c(C(C)C)cc(C)c(C)c2-c2c(C)c(C)cc(C(C)C)c2OP(Oc2ccc(C)cc2C)Oc2ccc(C)cc2C)cc1. The zero-order valence-electron chi connectivity index (χ0n) is 38.7. The molecule has 6 rings (SSSR count). The molecule has 0 bridgehead atoms. The first-order valence-electron chi connectivity index (χ1n) is 21.1. The molecule has 1 atom stereocenters. The molecule has 0 saturated heterocycles. The van der Waals surface area contributed by atoms with E-state index in [9.17, 15) is 0 Å². The second kappa shape index (κ2) is 19.4. The molecule has 0 fully saturated rings. The first-order chi connectivity index (χ1) is 28.9. The van der Waals surface area contributed by atoms with E-state index in [1.165, 1.54) is 0 Å². The minimum Gasteiger partial charge on any atom is -0.409 e. The van der Waals surface area contributed by atoms with Crippen molar-refractivity contribution in [2.24, 2.45) is 0 Å². The molecule has 6 nitrogen and oxygen atoms in total. The molecule has 6 aromatic carbocycles. The fraction of sp³-hybridized carbons (Fsp3) is 0.321. The molecule has 0 aliphatic carbocycles. The Balaban J connectivity index is 1.59. The van der Waals surface area contributed by atoms with Gasteiger partial charge in [0.1, 0.15) is 34.5 Å². The van der Waals surface area contributed by atoms with Crippen LogP contribution in [0, 0.1) is 76.2 Å². The summed E-state index contributed by atoms with van der Waals surface area (Å²) in [7, 11) is -4.06. The standard InChI is InChI=1S/C53H62O6P2/c1-31(2)45-29-37(9)42(14)50(52(45)58-60(54-44-21-16-33(5)17-22-44)55-47-23-18-34(6)26-39(47)11)51-43(15)38(10)30-46(32(3)4)53(51)59-61(56-48-24-19-35(7)27-40(48)12)57-49-25-20-36(8)28-41(49)13/h16-32H,1-15H3. The van der Waals surface area contributed by atoms with Gasteiger partial charge < -0.3 is 27.1 Å². The Hall–Kier alpha value is -5.02. The van der Waals surface area contributed by atoms with Gasteiger partial charge in [-0.15, -0.1) is 0 Å². The van der Waals surface area contributed by atoms with Gasteiger partial charge in [-0.2, -0.15) is 0 Å². The van der Waals surface area contributed by atoms with Crippen molar-refractivity contribution in [2.75, 3.05) is 0 Å². The summed E-state index contributed by atoms with van der Waals surface area (Å²) in [5.41, 5.74) is 16.0. The summed E-state index contributed by atoms with van der Waals surface area (Å²) in [6.07, 6.45) is 0. The van der Waals surface area contributed by atoms with Crippen LogP contribution in [0.3, 0.4) is 0 Å². The van der Waals surface area contributed by atoms with Gasteiger partial charge in [0.15, 0.2) is 0 Å². The Morgan fingerprint density at radius 2 is 0.672 bits per heavy atom. The van der Waals surface area contributed by atoms with Gasteiger partial charge in [-0.3, -0.25) is 0 Å². The number of aryl methyl sites for hydroxylation is 9. The molecule has 0 heterocycles. The normalized spacial score (nSPS) is 11.9. The Morgan fingerprint density at radius 1 is 0.344 bits per heavy atom. The summed E-state index contributed by atoms with van der Waals surface area (Å²) < 4.78 is 41.6. The Kier molecular flexibility index (Phi) is 14.4. The Morgan fingerprint density at radius 3 is 1.00 bits per heavy atom. The maximum atomic E-state index is 7.30. The van der Waals surface area contributed by atoms with Gasteiger partial charge in [0, 0.05) is 11.1 Å². The van der Waals surface area contributed by atoms with Crippen LogP contribution in [0.5, 0.6) is 34.5 Å². The van der Waals surface area contributed by atoms with Crippen LogP contribution in [0.1, 0.15) is 112 Å². The zero-order chi connectivity index (χ0) is 44.3. The van der Waals surface area contributed by atoms with E-state index < -0.39 is 17.2 Å². The fourth-order valence-electron chi connectivity index (χ4n) is 7.39. The molecule has 0 aliphatic rings. The van der Waals surface area contributed by atoms with Gasteiger partial charge >= 0.3 is 17.2 Å². The highest BCUT2D eigenvalue weighted by atomic mass is 31.2. The van der Waals surface area contributed by atoms with E-state index in [-0.39, 0.29) is 11.8 Å². The maximum absolute atomic E-state index is 7.30. The van der Waals surface area contributed by atoms with Gasteiger partial charge in [0.05, 0.1) is 0 Å². The average molecular weight is 857 g/mol. The summed E-state index contributed by atoms with van der Waals surface area (Å²) in [5, 5.41) is 0. The zero-order valence-corrected chi connectivity index (χ0v) is 40.4. The summed E-state index contributed by atoms with van der Waals surface area (Å²) in [6, 6.07) is 31.0. The van der Waals surface area contributed by atoms with Crippen molar-refractivity contribution < 1.29 is 27.1 Å².